The Kier molecular flexibility index (Phi) is 5.77. The first kappa shape index (κ1) is 20.8. The zero-order valence-corrected chi connectivity index (χ0v) is 18.5. The summed E-state index contributed by atoms with van der Waals surface area (Å²) in [5.74, 6) is -0.770. The number of fused-ring (bicyclic) bond motifs is 1. The summed E-state index contributed by atoms with van der Waals surface area (Å²) in [5, 5.41) is 1.06. The molecule has 33 heavy (non-hydrogen) atoms. The molecule has 1 aromatic heterocycles. The van der Waals surface area contributed by atoms with E-state index in [1.54, 1.807) is 0 Å². The Morgan fingerprint density at radius 3 is 2.03 bits per heavy atom. The summed E-state index contributed by atoms with van der Waals surface area (Å²) in [4.78, 5) is 13.6. The molecule has 3 nitrogen and oxygen atoms in total. The van der Waals surface area contributed by atoms with E-state index in [1.165, 1.54) is 0 Å². The van der Waals surface area contributed by atoms with Gasteiger partial charge in [-0.15, -0.1) is 0 Å². The van der Waals surface area contributed by atoms with E-state index in [2.05, 4.69) is 35.8 Å². The number of esters is 1. The van der Waals surface area contributed by atoms with Crippen molar-refractivity contribution in [3.8, 4) is 5.69 Å². The maximum absolute atomic E-state index is 13.6. The number of aromatic nitrogens is 1. The Labute approximate surface area is 193 Å². The second-order valence-electron chi connectivity index (χ2n) is 8.12. The van der Waals surface area contributed by atoms with E-state index in [1.807, 2.05) is 91.0 Å². The van der Waals surface area contributed by atoms with Crippen molar-refractivity contribution >= 4 is 16.9 Å². The average molecular weight is 432 g/mol. The summed E-state index contributed by atoms with van der Waals surface area (Å²) in [6.07, 6.45) is 0. The first-order valence-electron chi connectivity index (χ1n) is 11.1. The fraction of sp³-hybridized carbons (Fsp3) is 0.100. The fourth-order valence-corrected chi connectivity index (χ4v) is 4.54. The van der Waals surface area contributed by atoms with E-state index >= 15 is 0 Å². The lowest BCUT2D eigenvalue weighted by Crippen LogP contribution is -2.18. The molecule has 3 heteroatoms. The minimum Gasteiger partial charge on any atom is -0.460 e. The van der Waals surface area contributed by atoms with Crippen LogP contribution < -0.4 is 0 Å². The van der Waals surface area contributed by atoms with Gasteiger partial charge < -0.3 is 9.30 Å². The van der Waals surface area contributed by atoms with Crippen LogP contribution in [0.5, 0.6) is 0 Å². The second-order valence-corrected chi connectivity index (χ2v) is 8.12. The van der Waals surface area contributed by atoms with Crippen LogP contribution in [0.3, 0.4) is 0 Å². The van der Waals surface area contributed by atoms with Crippen LogP contribution in [0.1, 0.15) is 28.3 Å². The molecule has 0 spiro atoms. The molecule has 1 heterocycles. The van der Waals surface area contributed by atoms with Crippen molar-refractivity contribution in [3.63, 3.8) is 0 Å². The number of hydrogen-bond donors (Lipinski definition) is 0. The largest absolute Gasteiger partial charge is 0.460 e. The average Bonchev–Trinajstić information content (AvgIpc) is 3.16. The Morgan fingerprint density at radius 2 is 1.33 bits per heavy atom. The molecule has 0 aliphatic rings. The molecule has 4 aromatic carbocycles. The Morgan fingerprint density at radius 1 is 0.758 bits per heavy atom. The molecule has 1 atom stereocenters. The number of rotatable bonds is 6. The first-order valence-corrected chi connectivity index (χ1v) is 11.1. The van der Waals surface area contributed by atoms with Crippen LogP contribution in [-0.4, -0.2) is 10.5 Å². The quantitative estimate of drug-likeness (QED) is 0.276. The molecule has 0 fully saturated rings. The number of nitrogens with zero attached hydrogens (tertiary/aromatic N) is 1. The van der Waals surface area contributed by atoms with Crippen molar-refractivity contribution < 1.29 is 9.53 Å². The number of ether oxygens (including phenoxy) is 1. The van der Waals surface area contributed by atoms with Crippen molar-refractivity contribution in [2.24, 2.45) is 0 Å². The third-order valence-corrected chi connectivity index (χ3v) is 6.06. The minimum atomic E-state index is -0.523. The molecule has 0 amide bonds. The molecule has 0 aliphatic heterocycles. The molecular weight excluding hydrogens is 406 g/mol. The van der Waals surface area contributed by atoms with Crippen LogP contribution in [0.2, 0.25) is 0 Å². The summed E-state index contributed by atoms with van der Waals surface area (Å²) in [7, 11) is 0. The highest BCUT2D eigenvalue weighted by Gasteiger charge is 2.30. The van der Waals surface area contributed by atoms with Crippen molar-refractivity contribution in [2.75, 3.05) is 0 Å². The van der Waals surface area contributed by atoms with Crippen molar-refractivity contribution in [3.05, 3.63) is 138 Å². The Balaban J connectivity index is 1.65. The molecule has 0 aliphatic carbocycles. The highest BCUT2D eigenvalue weighted by atomic mass is 16.5. The summed E-state index contributed by atoms with van der Waals surface area (Å²) in [5.41, 5.74) is 6.07. The Bertz CT molecular complexity index is 1370. The lowest BCUT2D eigenvalue weighted by atomic mass is 9.89. The summed E-state index contributed by atoms with van der Waals surface area (Å²) in [6.45, 7) is 2.34. The number of para-hydroxylation sites is 2. The molecule has 5 aromatic rings. The minimum absolute atomic E-state index is 0.246. The monoisotopic (exact) mass is 431 g/mol. The van der Waals surface area contributed by atoms with E-state index in [-0.39, 0.29) is 12.6 Å². The predicted molar refractivity (Wildman–Crippen MR) is 133 cm³/mol. The number of hydrogen-bond acceptors (Lipinski definition) is 2. The molecule has 0 radical (unpaired) electrons. The molecule has 0 N–H and O–H groups in total. The predicted octanol–water partition coefficient (Wildman–Crippen LogP) is 6.81. The summed E-state index contributed by atoms with van der Waals surface area (Å²) < 4.78 is 8.10. The topological polar surface area (TPSA) is 31.2 Å². The van der Waals surface area contributed by atoms with Gasteiger partial charge in [0.25, 0.3) is 0 Å². The zero-order valence-electron chi connectivity index (χ0n) is 18.5. The van der Waals surface area contributed by atoms with Gasteiger partial charge >= 0.3 is 5.97 Å². The van der Waals surface area contributed by atoms with E-state index in [4.69, 9.17) is 4.74 Å². The van der Waals surface area contributed by atoms with Crippen molar-refractivity contribution in [1.82, 2.24) is 4.57 Å². The molecule has 0 unspecified atom stereocenters. The zero-order chi connectivity index (χ0) is 22.6. The van der Waals surface area contributed by atoms with Crippen molar-refractivity contribution in [2.45, 2.75) is 19.4 Å². The SMILES string of the molecule is Cc1c([C@H](C(=O)OCc2ccccc2)c2ccccc2)c2ccccc2n1-c1ccccc1. The van der Waals surface area contributed by atoms with Crippen LogP contribution in [0.4, 0.5) is 0 Å². The third-order valence-electron chi connectivity index (χ3n) is 6.06. The number of carbonyl (C=O) groups excluding carboxylic acids is 1. The van der Waals surface area contributed by atoms with E-state index < -0.39 is 5.92 Å². The third kappa shape index (κ3) is 4.06. The van der Waals surface area contributed by atoms with Crippen LogP contribution >= 0.6 is 0 Å². The highest BCUT2D eigenvalue weighted by Crippen LogP contribution is 2.38. The van der Waals surface area contributed by atoms with Gasteiger partial charge in [-0.05, 0) is 41.8 Å². The van der Waals surface area contributed by atoms with Gasteiger partial charge in [0.1, 0.15) is 12.5 Å². The van der Waals surface area contributed by atoms with Gasteiger partial charge in [0.05, 0.1) is 5.52 Å². The van der Waals surface area contributed by atoms with Crippen LogP contribution in [0.15, 0.2) is 115 Å². The van der Waals surface area contributed by atoms with Gasteiger partial charge in [-0.3, -0.25) is 4.79 Å². The lowest BCUT2D eigenvalue weighted by molar-refractivity contribution is -0.145. The van der Waals surface area contributed by atoms with E-state index in [0.29, 0.717) is 0 Å². The molecule has 0 saturated carbocycles. The van der Waals surface area contributed by atoms with Gasteiger partial charge in [0.15, 0.2) is 0 Å². The summed E-state index contributed by atoms with van der Waals surface area (Å²) in [6, 6.07) is 38.2. The summed E-state index contributed by atoms with van der Waals surface area (Å²) >= 11 is 0. The van der Waals surface area contributed by atoms with Gasteiger partial charge in [-0.25, -0.2) is 0 Å². The lowest BCUT2D eigenvalue weighted by Gasteiger charge is -2.18. The van der Waals surface area contributed by atoms with Crippen LogP contribution in [0.25, 0.3) is 16.6 Å². The van der Waals surface area contributed by atoms with Gasteiger partial charge in [-0.1, -0.05) is 97.1 Å². The first-order chi connectivity index (χ1) is 16.2. The van der Waals surface area contributed by atoms with E-state index in [0.717, 1.165) is 39.0 Å². The normalized spacial score (nSPS) is 11.9. The smallest absolute Gasteiger partial charge is 0.318 e. The maximum Gasteiger partial charge on any atom is 0.318 e. The van der Waals surface area contributed by atoms with Gasteiger partial charge in [0.2, 0.25) is 0 Å². The molecule has 5 rings (SSSR count). The van der Waals surface area contributed by atoms with Gasteiger partial charge in [-0.2, -0.15) is 0 Å². The van der Waals surface area contributed by atoms with E-state index in [9.17, 15) is 4.79 Å². The van der Waals surface area contributed by atoms with Gasteiger partial charge in [0, 0.05) is 16.8 Å². The van der Waals surface area contributed by atoms with Crippen LogP contribution in [-0.2, 0) is 16.1 Å². The number of carbonyl (C=O) groups is 1. The number of benzene rings is 4. The van der Waals surface area contributed by atoms with Crippen molar-refractivity contribution in [1.29, 1.82) is 0 Å². The highest BCUT2D eigenvalue weighted by molar-refractivity contribution is 5.94. The van der Waals surface area contributed by atoms with Crippen LogP contribution in [0, 0.1) is 6.92 Å². The Hall–Kier alpha value is -4.11. The fourth-order valence-electron chi connectivity index (χ4n) is 4.54. The second kappa shape index (κ2) is 9.17. The maximum atomic E-state index is 13.6. The molecule has 0 saturated heterocycles. The standard InChI is InChI=1S/C30H25NO2/c1-22-28(26-19-11-12-20-27(26)31(22)25-17-9-4-10-18-25)29(24-15-7-3-8-16-24)30(32)33-21-23-13-5-2-6-14-23/h2-20,29H,21H2,1H3/t29-/m1/s1. The molecular formula is C30H25NO2. The molecule has 0 bridgehead atoms. The molecule has 162 valence electrons.